The van der Waals surface area contributed by atoms with Crippen molar-refractivity contribution >= 4 is 35.0 Å². The van der Waals surface area contributed by atoms with E-state index in [2.05, 4.69) is 0 Å². The fourth-order valence-electron chi connectivity index (χ4n) is 2.08. The molecule has 0 radical (unpaired) electrons. The van der Waals surface area contributed by atoms with E-state index in [4.69, 9.17) is 32.7 Å². The minimum absolute atomic E-state index is 0.121. The zero-order valence-corrected chi connectivity index (χ0v) is 15.4. The van der Waals surface area contributed by atoms with Gasteiger partial charge in [-0.1, -0.05) is 11.6 Å². The van der Waals surface area contributed by atoms with E-state index in [1.165, 1.54) is 0 Å². The maximum atomic E-state index is 12.4. The van der Waals surface area contributed by atoms with Crippen molar-refractivity contribution in [3.8, 4) is 5.75 Å². The van der Waals surface area contributed by atoms with Gasteiger partial charge in [-0.3, -0.25) is 4.79 Å². The van der Waals surface area contributed by atoms with Crippen LogP contribution in [0, 0.1) is 0 Å². The van der Waals surface area contributed by atoms with Crippen LogP contribution in [0.2, 0.25) is 5.02 Å². The summed E-state index contributed by atoms with van der Waals surface area (Å²) < 4.78 is 10.7. The molecule has 0 aliphatic carbocycles. The number of carbonyl (C=O) groups is 2. The van der Waals surface area contributed by atoms with Crippen LogP contribution in [-0.4, -0.2) is 29.8 Å². The topological polar surface area (TPSA) is 52.6 Å². The van der Waals surface area contributed by atoms with Crippen LogP contribution in [-0.2, 0) is 9.53 Å². The van der Waals surface area contributed by atoms with Gasteiger partial charge in [-0.25, -0.2) is 4.79 Å². The number of esters is 1. The molecule has 0 aliphatic rings. The smallest absolute Gasteiger partial charge is 0.349 e. The summed E-state index contributed by atoms with van der Waals surface area (Å²) in [5.41, 5.74) is -0.103. The summed E-state index contributed by atoms with van der Waals surface area (Å²) in [6.45, 7) is 3.34. The molecule has 0 spiro atoms. The molecule has 0 fully saturated rings. The highest BCUT2D eigenvalue weighted by Crippen LogP contribution is 2.22. The third-order valence-corrected chi connectivity index (χ3v) is 3.80. The van der Waals surface area contributed by atoms with E-state index in [-0.39, 0.29) is 18.3 Å². The van der Waals surface area contributed by atoms with Crippen molar-refractivity contribution in [3.05, 3.63) is 64.7 Å². The second-order valence-corrected chi connectivity index (χ2v) is 6.61. The molecule has 0 amide bonds. The lowest BCUT2D eigenvalue weighted by Gasteiger charge is -2.24. The quantitative estimate of drug-likeness (QED) is 0.402. The lowest BCUT2D eigenvalue weighted by Crippen LogP contribution is -2.40. The maximum Gasteiger partial charge on any atom is 0.349 e. The van der Waals surface area contributed by atoms with E-state index in [9.17, 15) is 9.59 Å². The summed E-state index contributed by atoms with van der Waals surface area (Å²) in [6.07, 6.45) is 0. The summed E-state index contributed by atoms with van der Waals surface area (Å²) in [7, 11) is 0. The molecule has 4 nitrogen and oxygen atoms in total. The van der Waals surface area contributed by atoms with Crippen molar-refractivity contribution in [1.29, 1.82) is 0 Å². The standard InChI is InChI=1S/C19H18Cl2O4/c1-19(2,18(23)24-12-11-20)25-16-9-5-14(6-10-16)17(22)13-3-7-15(21)8-4-13/h3-10H,11-12H2,1-2H3. The van der Waals surface area contributed by atoms with Crippen molar-refractivity contribution in [2.24, 2.45) is 0 Å². The maximum absolute atomic E-state index is 12.4. The molecule has 2 aromatic carbocycles. The predicted molar refractivity (Wildman–Crippen MR) is 97.7 cm³/mol. The Morgan fingerprint density at radius 1 is 0.960 bits per heavy atom. The average molecular weight is 381 g/mol. The van der Waals surface area contributed by atoms with Crippen LogP contribution < -0.4 is 4.74 Å². The van der Waals surface area contributed by atoms with E-state index in [0.717, 1.165) is 0 Å². The van der Waals surface area contributed by atoms with Gasteiger partial charge >= 0.3 is 5.97 Å². The second-order valence-electron chi connectivity index (χ2n) is 5.80. The third kappa shape index (κ3) is 5.21. The predicted octanol–water partition coefficient (Wildman–Crippen LogP) is 4.51. The molecule has 2 aromatic rings. The van der Waals surface area contributed by atoms with E-state index < -0.39 is 11.6 Å². The Morgan fingerprint density at radius 3 is 2.00 bits per heavy atom. The van der Waals surface area contributed by atoms with Crippen molar-refractivity contribution in [2.45, 2.75) is 19.4 Å². The Balaban J connectivity index is 2.07. The van der Waals surface area contributed by atoms with Gasteiger partial charge in [0, 0.05) is 16.1 Å². The monoisotopic (exact) mass is 380 g/mol. The Hall–Kier alpha value is -2.04. The summed E-state index contributed by atoms with van der Waals surface area (Å²) in [5.74, 6) is 0.0579. The van der Waals surface area contributed by atoms with Crippen LogP contribution in [0.1, 0.15) is 29.8 Å². The zero-order valence-electron chi connectivity index (χ0n) is 13.9. The first-order chi connectivity index (χ1) is 11.8. The van der Waals surface area contributed by atoms with Gasteiger partial charge in [0.1, 0.15) is 12.4 Å². The Labute approximate surface area is 156 Å². The third-order valence-electron chi connectivity index (χ3n) is 3.40. The summed E-state index contributed by atoms with van der Waals surface area (Å²) in [5, 5.41) is 0.573. The fraction of sp³-hybridized carbons (Fsp3) is 0.263. The highest BCUT2D eigenvalue weighted by atomic mass is 35.5. The molecular formula is C19H18Cl2O4. The zero-order chi connectivity index (χ0) is 18.4. The van der Waals surface area contributed by atoms with Gasteiger partial charge in [-0.2, -0.15) is 0 Å². The first-order valence-corrected chi connectivity index (χ1v) is 8.57. The molecule has 25 heavy (non-hydrogen) atoms. The minimum Gasteiger partial charge on any atom is -0.476 e. The van der Waals surface area contributed by atoms with Gasteiger partial charge in [0.2, 0.25) is 0 Å². The van der Waals surface area contributed by atoms with Crippen molar-refractivity contribution in [1.82, 2.24) is 0 Å². The van der Waals surface area contributed by atoms with Crippen LogP contribution >= 0.6 is 23.2 Å². The molecule has 0 atom stereocenters. The highest BCUT2D eigenvalue weighted by Gasteiger charge is 2.31. The van der Waals surface area contributed by atoms with Crippen LogP contribution in [0.15, 0.2) is 48.5 Å². The minimum atomic E-state index is -1.16. The number of ketones is 1. The number of carbonyl (C=O) groups excluding carboxylic acids is 2. The molecule has 132 valence electrons. The fourth-order valence-corrected chi connectivity index (χ4v) is 2.29. The lowest BCUT2D eigenvalue weighted by atomic mass is 10.0. The Kier molecular flexibility index (Phi) is 6.45. The Morgan fingerprint density at radius 2 is 1.48 bits per heavy atom. The van der Waals surface area contributed by atoms with E-state index in [1.807, 2.05) is 0 Å². The number of benzene rings is 2. The summed E-state index contributed by atoms with van der Waals surface area (Å²) in [4.78, 5) is 24.4. The highest BCUT2D eigenvalue weighted by molar-refractivity contribution is 6.30. The number of halogens is 2. The first-order valence-electron chi connectivity index (χ1n) is 7.66. The molecular weight excluding hydrogens is 363 g/mol. The largest absolute Gasteiger partial charge is 0.476 e. The molecule has 2 rings (SSSR count). The molecule has 0 unspecified atom stereocenters. The lowest BCUT2D eigenvalue weighted by molar-refractivity contribution is -0.158. The molecule has 0 bridgehead atoms. The molecule has 0 aromatic heterocycles. The van der Waals surface area contributed by atoms with Crippen molar-refractivity contribution in [2.75, 3.05) is 12.5 Å². The SMILES string of the molecule is CC(C)(Oc1ccc(C(=O)c2ccc(Cl)cc2)cc1)C(=O)OCCCl. The summed E-state index contributed by atoms with van der Waals surface area (Å²) >= 11 is 11.3. The first kappa shape index (κ1) is 19.3. The molecule has 0 aliphatic heterocycles. The van der Waals surface area contributed by atoms with E-state index in [0.29, 0.717) is 21.9 Å². The van der Waals surface area contributed by atoms with Crippen molar-refractivity contribution < 1.29 is 19.1 Å². The van der Waals surface area contributed by atoms with Gasteiger partial charge in [0.25, 0.3) is 0 Å². The molecule has 0 saturated carbocycles. The van der Waals surface area contributed by atoms with Crippen LogP contribution in [0.5, 0.6) is 5.75 Å². The van der Waals surface area contributed by atoms with Gasteiger partial charge in [-0.05, 0) is 62.4 Å². The average Bonchev–Trinajstić information content (AvgIpc) is 2.60. The second kappa shape index (κ2) is 8.37. The van der Waals surface area contributed by atoms with Gasteiger partial charge in [-0.15, -0.1) is 11.6 Å². The van der Waals surface area contributed by atoms with E-state index in [1.54, 1.807) is 62.4 Å². The normalized spacial score (nSPS) is 11.0. The van der Waals surface area contributed by atoms with Crippen LogP contribution in [0.4, 0.5) is 0 Å². The number of rotatable bonds is 7. The number of ether oxygens (including phenoxy) is 2. The summed E-state index contributed by atoms with van der Waals surface area (Å²) in [6, 6.07) is 13.2. The number of alkyl halides is 1. The van der Waals surface area contributed by atoms with Gasteiger partial charge in [0.15, 0.2) is 11.4 Å². The van der Waals surface area contributed by atoms with E-state index >= 15 is 0 Å². The van der Waals surface area contributed by atoms with Gasteiger partial charge < -0.3 is 9.47 Å². The number of hydrogen-bond donors (Lipinski definition) is 0. The Bertz CT molecular complexity index is 737. The molecule has 0 N–H and O–H groups in total. The molecule has 6 heteroatoms. The molecule has 0 heterocycles. The number of hydrogen-bond acceptors (Lipinski definition) is 4. The van der Waals surface area contributed by atoms with Gasteiger partial charge in [0.05, 0.1) is 5.88 Å². The van der Waals surface area contributed by atoms with Crippen LogP contribution in [0.25, 0.3) is 0 Å². The van der Waals surface area contributed by atoms with Crippen LogP contribution in [0.3, 0.4) is 0 Å². The molecule has 0 saturated heterocycles. The van der Waals surface area contributed by atoms with Crippen molar-refractivity contribution in [3.63, 3.8) is 0 Å².